The predicted molar refractivity (Wildman–Crippen MR) is 91.6 cm³/mol. The number of hydrogen-bond acceptors (Lipinski definition) is 2. The maximum absolute atomic E-state index is 13.1. The van der Waals surface area contributed by atoms with Gasteiger partial charge in [0.25, 0.3) is 0 Å². The van der Waals surface area contributed by atoms with E-state index in [1.165, 1.54) is 0 Å². The van der Waals surface area contributed by atoms with Crippen LogP contribution in [0.1, 0.15) is 65.5 Å². The molecule has 22 heavy (non-hydrogen) atoms. The SMILES string of the molecule is CCN(C(=O)C(CC)(CC)CC)C(C)C(O)c1ccccc1. The minimum Gasteiger partial charge on any atom is -0.386 e. The zero-order chi connectivity index (χ0) is 16.8. The van der Waals surface area contributed by atoms with E-state index < -0.39 is 6.10 Å². The van der Waals surface area contributed by atoms with E-state index in [0.29, 0.717) is 6.54 Å². The summed E-state index contributed by atoms with van der Waals surface area (Å²) in [5.41, 5.74) is 0.553. The molecule has 1 aromatic carbocycles. The minimum atomic E-state index is -0.659. The van der Waals surface area contributed by atoms with Gasteiger partial charge in [0.2, 0.25) is 5.91 Å². The first-order valence-corrected chi connectivity index (χ1v) is 8.51. The Morgan fingerprint density at radius 2 is 1.59 bits per heavy atom. The van der Waals surface area contributed by atoms with Crippen molar-refractivity contribution in [3.8, 4) is 0 Å². The molecule has 3 heteroatoms. The highest BCUT2D eigenvalue weighted by Crippen LogP contribution is 2.34. The van der Waals surface area contributed by atoms with Crippen molar-refractivity contribution in [3.05, 3.63) is 35.9 Å². The first kappa shape index (κ1) is 18.7. The lowest BCUT2D eigenvalue weighted by Gasteiger charge is -2.39. The number of amides is 1. The van der Waals surface area contributed by atoms with Gasteiger partial charge in [-0.05, 0) is 38.7 Å². The predicted octanol–water partition coefficient (Wildman–Crippen LogP) is 4.17. The molecule has 0 fully saturated rings. The maximum Gasteiger partial charge on any atom is 0.229 e. The molecular weight excluding hydrogens is 274 g/mol. The van der Waals surface area contributed by atoms with Crippen molar-refractivity contribution in [3.63, 3.8) is 0 Å². The number of benzene rings is 1. The highest BCUT2D eigenvalue weighted by Gasteiger charge is 2.38. The van der Waals surface area contributed by atoms with Gasteiger partial charge in [-0.1, -0.05) is 51.1 Å². The summed E-state index contributed by atoms with van der Waals surface area (Å²) in [6, 6.07) is 9.34. The number of nitrogens with zero attached hydrogens (tertiary/aromatic N) is 1. The Labute approximate surface area is 135 Å². The Morgan fingerprint density at radius 3 is 2.00 bits per heavy atom. The van der Waals surface area contributed by atoms with Crippen molar-refractivity contribution in [1.29, 1.82) is 0 Å². The van der Waals surface area contributed by atoms with Gasteiger partial charge in [0.1, 0.15) is 0 Å². The zero-order valence-corrected chi connectivity index (χ0v) is 14.7. The van der Waals surface area contributed by atoms with Gasteiger partial charge in [-0.25, -0.2) is 0 Å². The number of aliphatic hydroxyl groups is 1. The van der Waals surface area contributed by atoms with Gasteiger partial charge in [0.05, 0.1) is 12.1 Å². The van der Waals surface area contributed by atoms with Crippen LogP contribution >= 0.6 is 0 Å². The fourth-order valence-corrected chi connectivity index (χ4v) is 3.22. The van der Waals surface area contributed by atoms with E-state index >= 15 is 0 Å². The molecule has 0 aliphatic heterocycles. The van der Waals surface area contributed by atoms with E-state index in [1.807, 2.05) is 49.1 Å². The van der Waals surface area contributed by atoms with Crippen LogP contribution in [-0.2, 0) is 4.79 Å². The van der Waals surface area contributed by atoms with E-state index in [-0.39, 0.29) is 17.4 Å². The van der Waals surface area contributed by atoms with Crippen LogP contribution in [-0.4, -0.2) is 28.5 Å². The second-order valence-corrected chi connectivity index (χ2v) is 6.03. The molecule has 1 N–H and O–H groups in total. The molecular formula is C19H31NO2. The molecule has 0 aromatic heterocycles. The Balaban J connectivity index is 3.01. The van der Waals surface area contributed by atoms with Crippen LogP contribution in [0.25, 0.3) is 0 Å². The van der Waals surface area contributed by atoms with Gasteiger partial charge in [-0.15, -0.1) is 0 Å². The van der Waals surface area contributed by atoms with E-state index in [9.17, 15) is 9.90 Å². The van der Waals surface area contributed by atoms with Gasteiger partial charge >= 0.3 is 0 Å². The summed E-state index contributed by atoms with van der Waals surface area (Å²) in [5, 5.41) is 10.6. The van der Waals surface area contributed by atoms with Gasteiger partial charge in [0.15, 0.2) is 0 Å². The van der Waals surface area contributed by atoms with Crippen LogP contribution < -0.4 is 0 Å². The van der Waals surface area contributed by atoms with Crippen LogP contribution in [0.5, 0.6) is 0 Å². The van der Waals surface area contributed by atoms with Crippen LogP contribution in [0.4, 0.5) is 0 Å². The van der Waals surface area contributed by atoms with Gasteiger partial charge in [0, 0.05) is 12.0 Å². The summed E-state index contributed by atoms with van der Waals surface area (Å²) >= 11 is 0. The number of carbonyl (C=O) groups excluding carboxylic acids is 1. The molecule has 1 amide bonds. The number of carbonyl (C=O) groups is 1. The van der Waals surface area contributed by atoms with Crippen molar-refractivity contribution in [2.24, 2.45) is 5.41 Å². The summed E-state index contributed by atoms with van der Waals surface area (Å²) in [5.74, 6) is 0.171. The van der Waals surface area contributed by atoms with Crippen molar-refractivity contribution < 1.29 is 9.90 Å². The molecule has 1 aromatic rings. The number of hydrogen-bond donors (Lipinski definition) is 1. The Morgan fingerprint density at radius 1 is 1.09 bits per heavy atom. The largest absolute Gasteiger partial charge is 0.386 e. The molecule has 0 aliphatic carbocycles. The van der Waals surface area contributed by atoms with E-state index in [4.69, 9.17) is 0 Å². The summed E-state index contributed by atoms with van der Waals surface area (Å²) < 4.78 is 0. The number of likely N-dealkylation sites (N-methyl/N-ethyl adjacent to an activating group) is 1. The average Bonchev–Trinajstić information content (AvgIpc) is 2.57. The molecule has 0 bridgehead atoms. The van der Waals surface area contributed by atoms with E-state index in [1.54, 1.807) is 0 Å². The minimum absolute atomic E-state index is 0.171. The van der Waals surface area contributed by atoms with Crippen molar-refractivity contribution in [2.45, 2.75) is 66.0 Å². The van der Waals surface area contributed by atoms with Crippen molar-refractivity contribution >= 4 is 5.91 Å². The van der Waals surface area contributed by atoms with Gasteiger partial charge in [-0.3, -0.25) is 4.79 Å². The van der Waals surface area contributed by atoms with Crippen LogP contribution in [0.3, 0.4) is 0 Å². The third-order valence-corrected chi connectivity index (χ3v) is 5.18. The molecule has 124 valence electrons. The maximum atomic E-state index is 13.1. The normalized spacial score (nSPS) is 14.5. The fraction of sp³-hybridized carbons (Fsp3) is 0.632. The fourth-order valence-electron chi connectivity index (χ4n) is 3.22. The molecule has 0 spiro atoms. The van der Waals surface area contributed by atoms with Crippen molar-refractivity contribution in [2.75, 3.05) is 6.54 Å². The smallest absolute Gasteiger partial charge is 0.229 e. The van der Waals surface area contributed by atoms with E-state index in [0.717, 1.165) is 24.8 Å². The van der Waals surface area contributed by atoms with Gasteiger partial charge < -0.3 is 10.0 Å². The lowest BCUT2D eigenvalue weighted by Crippen LogP contribution is -2.49. The van der Waals surface area contributed by atoms with E-state index in [2.05, 4.69) is 20.8 Å². The first-order chi connectivity index (χ1) is 10.5. The molecule has 0 aliphatic rings. The van der Waals surface area contributed by atoms with Gasteiger partial charge in [-0.2, -0.15) is 0 Å². The molecule has 2 atom stereocenters. The number of rotatable bonds is 8. The molecule has 0 saturated heterocycles. The third-order valence-electron chi connectivity index (χ3n) is 5.18. The van der Waals surface area contributed by atoms with Crippen LogP contribution in [0.15, 0.2) is 30.3 Å². The molecule has 2 unspecified atom stereocenters. The Kier molecular flexibility index (Phi) is 7.08. The van der Waals surface area contributed by atoms with Crippen LogP contribution in [0.2, 0.25) is 0 Å². The highest BCUT2D eigenvalue weighted by atomic mass is 16.3. The highest BCUT2D eigenvalue weighted by molar-refractivity contribution is 5.83. The second kappa shape index (κ2) is 8.33. The van der Waals surface area contributed by atoms with Crippen LogP contribution in [0, 0.1) is 5.41 Å². The molecule has 0 radical (unpaired) electrons. The second-order valence-electron chi connectivity index (χ2n) is 6.03. The number of aliphatic hydroxyl groups excluding tert-OH is 1. The molecule has 1 rings (SSSR count). The molecule has 0 heterocycles. The topological polar surface area (TPSA) is 40.5 Å². The van der Waals surface area contributed by atoms with Crippen molar-refractivity contribution in [1.82, 2.24) is 4.90 Å². The molecule has 3 nitrogen and oxygen atoms in total. The summed E-state index contributed by atoms with van der Waals surface area (Å²) in [7, 11) is 0. The Hall–Kier alpha value is -1.35. The quantitative estimate of drug-likeness (QED) is 0.783. The standard InChI is InChI=1S/C19H31NO2/c1-6-19(7-2,8-3)18(22)20(9-4)15(5)17(21)16-13-11-10-12-14-16/h10-15,17,21H,6-9H2,1-5H3. The monoisotopic (exact) mass is 305 g/mol. The summed E-state index contributed by atoms with van der Waals surface area (Å²) in [6.45, 7) is 10.8. The summed E-state index contributed by atoms with van der Waals surface area (Å²) in [6.07, 6.45) is 1.85. The summed E-state index contributed by atoms with van der Waals surface area (Å²) in [4.78, 5) is 14.9. The zero-order valence-electron chi connectivity index (χ0n) is 14.7. The first-order valence-electron chi connectivity index (χ1n) is 8.51. The molecule has 0 saturated carbocycles. The Bertz CT molecular complexity index is 445. The lowest BCUT2D eigenvalue weighted by molar-refractivity contribution is -0.147. The average molecular weight is 305 g/mol. The lowest BCUT2D eigenvalue weighted by atomic mass is 9.78. The third kappa shape index (κ3) is 3.70.